The third-order valence-corrected chi connectivity index (χ3v) is 33.9. The van der Waals surface area contributed by atoms with E-state index in [2.05, 4.69) is 349 Å². The van der Waals surface area contributed by atoms with Crippen molar-refractivity contribution in [2.24, 2.45) is 39.5 Å². The van der Waals surface area contributed by atoms with Crippen LogP contribution in [0.1, 0.15) is 356 Å². The van der Waals surface area contributed by atoms with Gasteiger partial charge in [-0.15, -0.1) is 140 Å². The first-order valence-electron chi connectivity index (χ1n) is 52.5. The molecule has 794 valence electrons. The summed E-state index contributed by atoms with van der Waals surface area (Å²) in [4.78, 5) is 58.5. The number of carboxylic acid groups (broad SMARTS) is 1. The molecule has 12 aliphatic rings. The summed E-state index contributed by atoms with van der Waals surface area (Å²) >= 11 is 0. The molecule has 0 spiro atoms. The van der Waals surface area contributed by atoms with E-state index in [1.54, 1.807) is 17.7 Å². The van der Waals surface area contributed by atoms with Crippen LogP contribution in [0.25, 0.3) is 33.8 Å². The van der Waals surface area contributed by atoms with Gasteiger partial charge in [0.2, 0.25) is 0 Å². The van der Waals surface area contributed by atoms with Gasteiger partial charge in [0.1, 0.15) is 5.69 Å². The number of aromatic nitrogens is 4. The minimum absolute atomic E-state index is 0. The van der Waals surface area contributed by atoms with E-state index < -0.39 is 5.97 Å². The number of aryl methyl sites for hydroxylation is 4. The van der Waals surface area contributed by atoms with Crippen molar-refractivity contribution in [3.63, 3.8) is 0 Å². The molecule has 4 fully saturated rings. The van der Waals surface area contributed by atoms with Gasteiger partial charge in [0.25, 0.3) is 0 Å². The number of benzene rings is 8. The summed E-state index contributed by atoms with van der Waals surface area (Å²) in [5.74, 6) is 3.61. The van der Waals surface area contributed by atoms with Crippen LogP contribution in [-0.2, 0) is 150 Å². The molecular weight excluding hydrogens is 2560 g/mol. The second kappa shape index (κ2) is 48.0. The zero-order valence-electron chi connectivity index (χ0n) is 92.2. The molecule has 8 aromatic carbocycles. The van der Waals surface area contributed by atoms with Crippen molar-refractivity contribution >= 4 is 29.0 Å². The minimum Gasteiger partial charge on any atom is -0.512 e. The van der Waals surface area contributed by atoms with Gasteiger partial charge in [-0.2, -0.15) is 0 Å². The zero-order chi connectivity index (χ0) is 105. The van der Waals surface area contributed by atoms with Crippen LogP contribution in [0.5, 0.6) is 0 Å². The molecule has 7 N–H and O–H groups in total. The molecule has 17 heteroatoms. The third kappa shape index (κ3) is 24.8. The number of aliphatic hydroxyl groups is 3. The number of aliphatic hydroxyl groups excluding tert-OH is 3. The van der Waals surface area contributed by atoms with Gasteiger partial charge in [0.05, 0.1) is 56.3 Å². The predicted octanol–water partition coefficient (Wildman–Crippen LogP) is 30.7. The molecule has 4 radical (unpaired) electrons. The number of carboxylic acids is 1. The summed E-state index contributed by atoms with van der Waals surface area (Å²) in [5.41, 5.74) is 41.5. The van der Waals surface area contributed by atoms with Gasteiger partial charge in [0, 0.05) is 111 Å². The number of carbonyl (C=O) groups excluding carboxylic acids is 3. The number of hydrogen-bond acceptors (Lipinski definition) is 9. The molecule has 0 amide bonds. The van der Waals surface area contributed by atoms with E-state index in [4.69, 9.17) is 54.8 Å². The van der Waals surface area contributed by atoms with Crippen LogP contribution in [0.15, 0.2) is 265 Å². The topological polar surface area (TPSA) is 226 Å². The Kier molecular flexibility index (Phi) is 38.3. The Hall–Kier alpha value is -10.5. The molecule has 150 heavy (non-hydrogen) atoms. The molecule has 4 aromatic heterocycles. The number of nitrogens with zero attached hydrogens (tertiary/aromatic N) is 5. The standard InChI is InChI=1S/C30H34N.C30H32N.C27H28N.C25H26N.C6H5NO2.3C5H8O2.4Ir/c2*1-28(2)20-13-19-15-27(31-17-21(19)25(28)16-20)18-11-12-24-26(14-18)30(5,6)23-10-8-7-9-22(23)29(24,3)4;1-26(2)21-11-7-8-12-22(21)27(3,4)24-15-19(13-14-23(24)26)25-16-18-9-5-6-10-20(18)17-28-25;1-18-9-4-7-14-23(18)25(2,3)21-12-8-11-20(17-21)24-22-13-6-5-10-19(22)15-16-26-24;8-6(9)5-3-1-2-4-7-5;3*1-4(6)3-5(2)7;;;;/h7-10,12,14,17,19-20,25H,13,15-16H2,1-6H3;7-10,12,14-15,17,20,25H,13,16H2,1-6H3;7-8,11-12,14-17H,5-6,9-10H2,1-4H3;4,7-9,12,14-17H,5-6,10,13H2,1-3H3;1-4H,(H,8,9);3*3,6H,1-2H3;;;;/q4*-1;;;;;;;;/p+3. The minimum atomic E-state index is -0.990. The van der Waals surface area contributed by atoms with Crippen LogP contribution in [0.3, 0.4) is 0 Å². The van der Waals surface area contributed by atoms with E-state index in [0.717, 1.165) is 64.4 Å². The SMILES string of the molecule is CC(=[OH+])C=C(C)O.CC(=[OH+])C=C(C)O.CC(=[OH+])C=C(C)O.CC1(C)c2c[c-]c(-c3cc4c(cn3)C3CC(C4)C3(C)C)cc2C(C)(C)c2ccccc21.CC1(C)c2c[c-]c(-c3cc4c(cn3)CCCC4)cc2C(C)(C)c2ccccc21.CC1(C)c2c[c-]c(C3=NC=C4C(C3)CC3CC4C3(C)C)cc2C(C)(C)c2ccccc21.Cc1ccccc1C(C)(C)c1cc[c-]c(-c2nccc3c2CCCC3)c1.O=C(O)c1ccccn1.[Ir].[Ir].[Ir].[Ir]. The maximum Gasteiger partial charge on any atom is 0.354 e. The van der Waals surface area contributed by atoms with Crippen LogP contribution in [0.4, 0.5) is 0 Å². The Morgan fingerprint density at radius 3 is 1.26 bits per heavy atom. The van der Waals surface area contributed by atoms with E-state index in [-0.39, 0.29) is 159 Å². The van der Waals surface area contributed by atoms with Crippen molar-refractivity contribution in [1.29, 1.82) is 0 Å². The number of hydrogen-bond donors (Lipinski definition) is 4. The van der Waals surface area contributed by atoms with Crippen molar-refractivity contribution in [2.45, 2.75) is 300 Å². The average Bonchev–Trinajstić information content (AvgIpc) is 0.752. The molecule has 0 saturated heterocycles. The molecule has 11 aliphatic carbocycles. The first-order valence-corrected chi connectivity index (χ1v) is 52.5. The molecule has 5 heterocycles. The summed E-state index contributed by atoms with van der Waals surface area (Å²) < 4.78 is 0. The van der Waals surface area contributed by atoms with Crippen molar-refractivity contribution in [2.75, 3.05) is 0 Å². The molecule has 5 unspecified atom stereocenters. The number of pyridine rings is 4. The Morgan fingerprint density at radius 2 is 0.820 bits per heavy atom. The predicted molar refractivity (Wildman–Crippen MR) is 599 cm³/mol. The van der Waals surface area contributed by atoms with Gasteiger partial charge in [-0.3, -0.25) is 14.4 Å². The van der Waals surface area contributed by atoms with Crippen molar-refractivity contribution in [3.05, 3.63) is 412 Å². The maximum atomic E-state index is 10.1. The first kappa shape index (κ1) is 120. The number of fused-ring (bicyclic) bond motifs is 8. The van der Waals surface area contributed by atoms with Crippen LogP contribution in [0, 0.1) is 65.7 Å². The zero-order valence-corrected chi connectivity index (χ0v) is 102. The van der Waals surface area contributed by atoms with E-state index >= 15 is 0 Å². The Bertz CT molecular complexity index is 7090. The third-order valence-electron chi connectivity index (χ3n) is 33.9. The molecule has 4 saturated carbocycles. The number of aliphatic imine (C=N–C) groups is 1. The average molecular weight is 2720 g/mol. The molecule has 5 atom stereocenters. The smallest absolute Gasteiger partial charge is 0.354 e. The van der Waals surface area contributed by atoms with Crippen molar-refractivity contribution in [1.82, 2.24) is 19.9 Å². The second-order valence-corrected chi connectivity index (χ2v) is 47.1. The summed E-state index contributed by atoms with van der Waals surface area (Å²) in [6, 6.07) is 81.9. The van der Waals surface area contributed by atoms with Crippen LogP contribution >= 0.6 is 0 Å². The van der Waals surface area contributed by atoms with E-state index in [1.165, 1.54) is 271 Å². The molecule has 24 rings (SSSR count). The molecule has 1 aliphatic heterocycles. The number of allylic oxidation sites excluding steroid dienone is 7. The fourth-order valence-electron chi connectivity index (χ4n) is 25.2. The van der Waals surface area contributed by atoms with Gasteiger partial charge >= 0.3 is 23.3 Å². The molecule has 12 aromatic rings. The monoisotopic (exact) mass is 2720 g/mol. The number of ketones is 3. The summed E-state index contributed by atoms with van der Waals surface area (Å²) in [6.07, 6.45) is 29.9. The van der Waals surface area contributed by atoms with Gasteiger partial charge in [-0.1, -0.05) is 257 Å². The summed E-state index contributed by atoms with van der Waals surface area (Å²) in [6.45, 7) is 53.9. The molecule has 4 bridgehead atoms. The second-order valence-electron chi connectivity index (χ2n) is 47.1. The van der Waals surface area contributed by atoms with Gasteiger partial charge in [-0.05, 0) is 297 Å². The normalized spacial score (nSPS) is 19.7. The van der Waals surface area contributed by atoms with E-state index in [0.29, 0.717) is 22.7 Å². The first-order chi connectivity index (χ1) is 68.9. The Labute approximate surface area is 947 Å². The summed E-state index contributed by atoms with van der Waals surface area (Å²) in [7, 11) is 0. The van der Waals surface area contributed by atoms with Gasteiger partial charge < -0.3 is 40.4 Å². The Balaban J connectivity index is 0.000000172. The fraction of sp³-hybridized carbons (Fsp3) is 0.391. The molecule has 13 nitrogen and oxygen atoms in total. The van der Waals surface area contributed by atoms with Gasteiger partial charge in [-0.25, -0.2) is 9.78 Å². The number of rotatable bonds is 10. The summed E-state index contributed by atoms with van der Waals surface area (Å²) in [5, 5.41) is 33.5. The number of aromatic carboxylic acids is 1. The fourth-order valence-corrected chi connectivity index (χ4v) is 25.2. The van der Waals surface area contributed by atoms with E-state index in [1.807, 2.05) is 6.20 Å². The maximum absolute atomic E-state index is 10.1. The van der Waals surface area contributed by atoms with Crippen LogP contribution < -0.4 is 0 Å². The molecular formula is C133H152Ir4N5O8-. The van der Waals surface area contributed by atoms with Crippen LogP contribution in [0.2, 0.25) is 0 Å². The van der Waals surface area contributed by atoms with E-state index in [9.17, 15) is 4.79 Å². The van der Waals surface area contributed by atoms with Crippen LogP contribution in [-0.4, -0.2) is 83.8 Å². The quantitative estimate of drug-likeness (QED) is 0.0441. The van der Waals surface area contributed by atoms with Crippen molar-refractivity contribution < 1.29 is 120 Å². The largest absolute Gasteiger partial charge is 0.512 e. The van der Waals surface area contributed by atoms with Gasteiger partial charge in [0.15, 0.2) is 0 Å². The van der Waals surface area contributed by atoms with Crippen molar-refractivity contribution in [3.8, 4) is 33.8 Å². The number of carbonyl (C=O) groups is 1. The Morgan fingerprint density at radius 1 is 0.400 bits per heavy atom.